The predicted molar refractivity (Wildman–Crippen MR) is 116 cm³/mol. The SMILES string of the molecule is OCc1cc(Oc2ccc(Cl)cc2)ccc1N1CC(O)[C@H](Oc2ccc(C(F)(F)F)cn2)C1. The van der Waals surface area contributed by atoms with Crippen LogP contribution in [0.3, 0.4) is 0 Å². The minimum absolute atomic E-state index is 0.0111. The van der Waals surface area contributed by atoms with Gasteiger partial charge >= 0.3 is 6.18 Å². The second-order valence-electron chi connectivity index (χ2n) is 7.52. The molecule has 2 aromatic carbocycles. The zero-order valence-electron chi connectivity index (χ0n) is 17.2. The lowest BCUT2D eigenvalue weighted by molar-refractivity contribution is -0.137. The summed E-state index contributed by atoms with van der Waals surface area (Å²) >= 11 is 5.88. The van der Waals surface area contributed by atoms with E-state index in [4.69, 9.17) is 21.1 Å². The molecular formula is C23H20ClF3N2O4. The number of aromatic nitrogens is 1. The highest BCUT2D eigenvalue weighted by molar-refractivity contribution is 6.30. The molecule has 0 bridgehead atoms. The zero-order chi connectivity index (χ0) is 23.6. The molecule has 1 fully saturated rings. The van der Waals surface area contributed by atoms with Gasteiger partial charge in [-0.3, -0.25) is 0 Å². The maximum atomic E-state index is 12.7. The molecule has 2 heterocycles. The van der Waals surface area contributed by atoms with Crippen molar-refractivity contribution in [2.45, 2.75) is 25.0 Å². The second kappa shape index (κ2) is 9.46. The van der Waals surface area contributed by atoms with Crippen LogP contribution in [0.4, 0.5) is 18.9 Å². The summed E-state index contributed by atoms with van der Waals surface area (Å²) in [6.07, 6.45) is -5.40. The van der Waals surface area contributed by atoms with E-state index >= 15 is 0 Å². The number of alkyl halides is 3. The lowest BCUT2D eigenvalue weighted by atomic mass is 10.1. The van der Waals surface area contributed by atoms with Crippen LogP contribution < -0.4 is 14.4 Å². The Hall–Kier alpha value is -3.01. The number of halogens is 4. The molecule has 0 saturated carbocycles. The Bertz CT molecular complexity index is 1090. The molecule has 1 saturated heterocycles. The standard InChI is InChI=1S/C23H20ClF3N2O4/c24-16-2-4-17(5-3-16)32-18-6-7-19(14(9-18)13-30)29-11-20(31)21(12-29)33-22-8-1-15(10-28-22)23(25,26)27/h1-10,20-21,30-31H,11-13H2/t20?,21-/m1/s1. The fourth-order valence-corrected chi connectivity index (χ4v) is 3.67. The summed E-state index contributed by atoms with van der Waals surface area (Å²) in [4.78, 5) is 5.53. The molecule has 2 atom stereocenters. The van der Waals surface area contributed by atoms with Gasteiger partial charge in [0.15, 0.2) is 0 Å². The molecule has 1 unspecified atom stereocenters. The minimum Gasteiger partial charge on any atom is -0.470 e. The largest absolute Gasteiger partial charge is 0.470 e. The summed E-state index contributed by atoms with van der Waals surface area (Å²) in [7, 11) is 0. The summed E-state index contributed by atoms with van der Waals surface area (Å²) in [6, 6.07) is 14.1. The van der Waals surface area contributed by atoms with Crippen molar-refractivity contribution in [3.05, 3.63) is 76.9 Å². The molecule has 4 rings (SSSR count). The number of β-amino-alcohol motifs (C(OH)–C–C–N with tert-alkyl or cyclic N) is 1. The lowest BCUT2D eigenvalue weighted by Gasteiger charge is -2.22. The monoisotopic (exact) mass is 480 g/mol. The molecular weight excluding hydrogens is 461 g/mol. The van der Waals surface area contributed by atoms with E-state index in [1.807, 2.05) is 4.90 Å². The van der Waals surface area contributed by atoms with Gasteiger partial charge in [0, 0.05) is 35.1 Å². The summed E-state index contributed by atoms with van der Waals surface area (Å²) in [5.41, 5.74) is 0.394. The van der Waals surface area contributed by atoms with Crippen LogP contribution in [0.15, 0.2) is 60.8 Å². The van der Waals surface area contributed by atoms with E-state index in [0.29, 0.717) is 34.0 Å². The number of hydrogen-bond acceptors (Lipinski definition) is 6. The van der Waals surface area contributed by atoms with Gasteiger partial charge in [-0.2, -0.15) is 13.2 Å². The number of ether oxygens (including phenoxy) is 2. The van der Waals surface area contributed by atoms with Crippen LogP contribution >= 0.6 is 11.6 Å². The fourth-order valence-electron chi connectivity index (χ4n) is 3.54. The molecule has 0 amide bonds. The van der Waals surface area contributed by atoms with E-state index in [1.165, 1.54) is 0 Å². The normalized spacial score (nSPS) is 18.4. The van der Waals surface area contributed by atoms with E-state index in [9.17, 15) is 23.4 Å². The molecule has 1 aliphatic heterocycles. The highest BCUT2D eigenvalue weighted by atomic mass is 35.5. The Balaban J connectivity index is 1.45. The number of pyridine rings is 1. The first kappa shape index (κ1) is 23.2. The Labute approximate surface area is 192 Å². The Kier molecular flexibility index (Phi) is 6.64. The molecule has 6 nitrogen and oxygen atoms in total. The van der Waals surface area contributed by atoms with Crippen LogP contribution in [0.2, 0.25) is 5.02 Å². The van der Waals surface area contributed by atoms with Crippen LogP contribution in [-0.4, -0.2) is 40.5 Å². The van der Waals surface area contributed by atoms with Crippen LogP contribution in [-0.2, 0) is 12.8 Å². The summed E-state index contributed by atoms with van der Waals surface area (Å²) in [6.45, 7) is 0.218. The van der Waals surface area contributed by atoms with Crippen molar-refractivity contribution in [1.82, 2.24) is 4.98 Å². The molecule has 10 heteroatoms. The van der Waals surface area contributed by atoms with Crippen molar-refractivity contribution >= 4 is 17.3 Å². The van der Waals surface area contributed by atoms with Gasteiger partial charge in [0.2, 0.25) is 5.88 Å². The van der Waals surface area contributed by atoms with Gasteiger partial charge in [0.25, 0.3) is 0 Å². The molecule has 2 N–H and O–H groups in total. The first-order valence-electron chi connectivity index (χ1n) is 10.0. The van der Waals surface area contributed by atoms with Crippen molar-refractivity contribution in [2.75, 3.05) is 18.0 Å². The first-order valence-corrected chi connectivity index (χ1v) is 10.4. The highest BCUT2D eigenvalue weighted by Crippen LogP contribution is 2.33. The number of rotatable bonds is 6. The Morgan fingerprint density at radius 3 is 2.39 bits per heavy atom. The Morgan fingerprint density at radius 1 is 1.03 bits per heavy atom. The van der Waals surface area contributed by atoms with Crippen molar-refractivity contribution in [3.8, 4) is 17.4 Å². The summed E-state index contributed by atoms with van der Waals surface area (Å²) in [5.74, 6) is 1.10. The van der Waals surface area contributed by atoms with Crippen LogP contribution in [0.25, 0.3) is 0 Å². The third kappa shape index (κ3) is 5.50. The number of aliphatic hydroxyl groups excluding tert-OH is 2. The van der Waals surface area contributed by atoms with Gasteiger partial charge in [0.05, 0.1) is 18.7 Å². The average Bonchev–Trinajstić information content (AvgIpc) is 3.15. The van der Waals surface area contributed by atoms with Crippen molar-refractivity contribution in [3.63, 3.8) is 0 Å². The predicted octanol–water partition coefficient (Wildman–Crippen LogP) is 4.67. The fraction of sp³-hybridized carbons (Fsp3) is 0.261. The summed E-state index contributed by atoms with van der Waals surface area (Å²) < 4.78 is 49.5. The average molecular weight is 481 g/mol. The molecule has 0 spiro atoms. The summed E-state index contributed by atoms with van der Waals surface area (Å²) in [5, 5.41) is 20.9. The minimum atomic E-state index is -4.49. The number of aliphatic hydroxyl groups is 2. The molecule has 0 radical (unpaired) electrons. The van der Waals surface area contributed by atoms with Crippen molar-refractivity contribution < 1.29 is 32.9 Å². The number of nitrogens with zero attached hydrogens (tertiary/aromatic N) is 2. The van der Waals surface area contributed by atoms with E-state index in [1.54, 1.807) is 42.5 Å². The maximum Gasteiger partial charge on any atom is 0.417 e. The number of anilines is 1. The molecule has 1 aromatic heterocycles. The number of benzene rings is 2. The van der Waals surface area contributed by atoms with E-state index < -0.39 is 23.9 Å². The molecule has 1 aliphatic rings. The van der Waals surface area contributed by atoms with Gasteiger partial charge in [-0.25, -0.2) is 4.98 Å². The van der Waals surface area contributed by atoms with Gasteiger partial charge in [-0.1, -0.05) is 11.6 Å². The number of hydrogen-bond donors (Lipinski definition) is 2. The maximum absolute atomic E-state index is 12.7. The van der Waals surface area contributed by atoms with E-state index in [0.717, 1.165) is 12.1 Å². The van der Waals surface area contributed by atoms with E-state index in [-0.39, 0.29) is 25.6 Å². The Morgan fingerprint density at radius 2 is 1.76 bits per heavy atom. The quantitative estimate of drug-likeness (QED) is 0.534. The topological polar surface area (TPSA) is 75.1 Å². The molecule has 0 aliphatic carbocycles. The third-order valence-corrected chi connectivity index (χ3v) is 5.44. The van der Waals surface area contributed by atoms with Gasteiger partial charge in [-0.15, -0.1) is 0 Å². The van der Waals surface area contributed by atoms with E-state index in [2.05, 4.69) is 4.98 Å². The molecule has 174 valence electrons. The lowest BCUT2D eigenvalue weighted by Crippen LogP contribution is -2.30. The highest BCUT2D eigenvalue weighted by Gasteiger charge is 2.35. The third-order valence-electron chi connectivity index (χ3n) is 5.18. The van der Waals surface area contributed by atoms with Crippen LogP contribution in [0.5, 0.6) is 17.4 Å². The van der Waals surface area contributed by atoms with Gasteiger partial charge < -0.3 is 24.6 Å². The van der Waals surface area contributed by atoms with Gasteiger partial charge in [-0.05, 0) is 48.5 Å². The van der Waals surface area contributed by atoms with Crippen LogP contribution in [0, 0.1) is 0 Å². The van der Waals surface area contributed by atoms with Crippen LogP contribution in [0.1, 0.15) is 11.1 Å². The van der Waals surface area contributed by atoms with Gasteiger partial charge in [0.1, 0.15) is 23.7 Å². The molecule has 3 aromatic rings. The molecule has 33 heavy (non-hydrogen) atoms. The first-order chi connectivity index (χ1) is 15.7. The second-order valence-corrected chi connectivity index (χ2v) is 7.95. The van der Waals surface area contributed by atoms with Crippen molar-refractivity contribution in [1.29, 1.82) is 0 Å². The smallest absolute Gasteiger partial charge is 0.417 e. The zero-order valence-corrected chi connectivity index (χ0v) is 17.9. The van der Waals surface area contributed by atoms with Crippen molar-refractivity contribution in [2.24, 2.45) is 0 Å².